The van der Waals surface area contributed by atoms with Crippen molar-refractivity contribution in [3.05, 3.63) is 143 Å². The fourth-order valence-electron chi connectivity index (χ4n) is 5.18. The number of methoxy groups -OCH3 is 1. The third-order valence-corrected chi connectivity index (χ3v) is 7.72. The largest absolute Gasteiger partial charge is 0.494 e. The molecular formula is C35H35FN8O2. The van der Waals surface area contributed by atoms with Crippen LogP contribution >= 0.6 is 0 Å². The van der Waals surface area contributed by atoms with Crippen LogP contribution in [0.5, 0.6) is 5.75 Å². The topological polar surface area (TPSA) is 135 Å². The molecule has 1 aliphatic carbocycles. The van der Waals surface area contributed by atoms with Gasteiger partial charge in [-0.05, 0) is 42.5 Å². The van der Waals surface area contributed by atoms with Crippen molar-refractivity contribution in [2.75, 3.05) is 12.5 Å². The SMILES string of the molecule is COc1ccc(NN=C(c2ccccc2)c2ccccc2)c(CNC(=O)/C(N)=C/N(N)Cc2cn3cc(C4CC4)ccc3n2)c1F. The molecule has 2 heterocycles. The van der Waals surface area contributed by atoms with Crippen LogP contribution in [0, 0.1) is 5.82 Å². The first-order valence-electron chi connectivity index (χ1n) is 14.9. The maximum absolute atomic E-state index is 15.5. The molecule has 0 bridgehead atoms. The first kappa shape index (κ1) is 30.4. The van der Waals surface area contributed by atoms with Crippen molar-refractivity contribution in [1.82, 2.24) is 19.7 Å². The van der Waals surface area contributed by atoms with Gasteiger partial charge in [0.25, 0.3) is 5.91 Å². The minimum absolute atomic E-state index is 0.0264. The maximum Gasteiger partial charge on any atom is 0.268 e. The van der Waals surface area contributed by atoms with Crippen LogP contribution in [-0.2, 0) is 17.9 Å². The molecule has 1 saturated carbocycles. The van der Waals surface area contributed by atoms with Gasteiger partial charge in [0.2, 0.25) is 0 Å². The van der Waals surface area contributed by atoms with Crippen LogP contribution < -0.4 is 27.1 Å². The van der Waals surface area contributed by atoms with Crippen LogP contribution in [0.4, 0.5) is 10.1 Å². The summed E-state index contributed by atoms with van der Waals surface area (Å²) in [5.41, 5.74) is 14.7. The molecule has 0 saturated heterocycles. The second kappa shape index (κ2) is 13.5. The molecule has 1 aliphatic rings. The minimum atomic E-state index is -0.635. The van der Waals surface area contributed by atoms with Gasteiger partial charge in [0.05, 0.1) is 30.7 Å². The summed E-state index contributed by atoms with van der Waals surface area (Å²) in [6, 6.07) is 26.5. The summed E-state index contributed by atoms with van der Waals surface area (Å²) in [7, 11) is 1.38. The molecule has 46 heavy (non-hydrogen) atoms. The zero-order valence-corrected chi connectivity index (χ0v) is 25.4. The molecule has 10 nitrogen and oxygen atoms in total. The molecule has 0 atom stereocenters. The summed E-state index contributed by atoms with van der Waals surface area (Å²) < 4.78 is 22.7. The molecule has 0 unspecified atom stereocenters. The molecule has 1 amide bonds. The number of carbonyl (C=O) groups is 1. The van der Waals surface area contributed by atoms with E-state index < -0.39 is 11.7 Å². The highest BCUT2D eigenvalue weighted by Gasteiger charge is 2.24. The van der Waals surface area contributed by atoms with Crippen LogP contribution in [0.25, 0.3) is 5.65 Å². The number of nitrogens with zero attached hydrogens (tertiary/aromatic N) is 4. The normalized spacial score (nSPS) is 12.9. The lowest BCUT2D eigenvalue weighted by Crippen LogP contribution is -2.33. The Morgan fingerprint density at radius 2 is 1.74 bits per heavy atom. The number of fused-ring (bicyclic) bond motifs is 1. The van der Waals surface area contributed by atoms with Gasteiger partial charge in [-0.3, -0.25) is 10.2 Å². The number of carbonyl (C=O) groups excluding carboxylic acids is 1. The molecule has 11 heteroatoms. The van der Waals surface area contributed by atoms with Gasteiger partial charge in [0.15, 0.2) is 11.6 Å². The Balaban J connectivity index is 1.16. The Hall–Kier alpha value is -5.68. The number of ether oxygens (including phenoxy) is 1. The zero-order chi connectivity index (χ0) is 32.0. The molecule has 0 aliphatic heterocycles. The Bertz CT molecular complexity index is 1860. The van der Waals surface area contributed by atoms with E-state index in [1.807, 2.05) is 77.3 Å². The van der Waals surface area contributed by atoms with Gasteiger partial charge in [-0.1, -0.05) is 66.7 Å². The van der Waals surface area contributed by atoms with Gasteiger partial charge in [0.1, 0.15) is 11.3 Å². The molecule has 6 N–H and O–H groups in total. The number of hydrazone groups is 1. The van der Waals surface area contributed by atoms with Gasteiger partial charge in [-0.15, -0.1) is 0 Å². The standard InChI is InChI=1S/C35H35FN8O2/c1-46-31-16-15-30(41-42-34(24-8-4-2-5-9-24)25-10-6-3-7-11-25)28(33(31)36)18-39-35(45)29(37)22-44(38)21-27-20-43-19-26(23-12-13-23)14-17-32(43)40-27/h2-11,14-17,19-20,22-23,41H,12-13,18,21,37-38H2,1H3,(H,39,45)/b29-22-. The Morgan fingerprint density at radius 1 is 1.04 bits per heavy atom. The summed E-state index contributed by atoms with van der Waals surface area (Å²) in [6.07, 6.45) is 7.77. The third-order valence-electron chi connectivity index (χ3n) is 7.72. The van der Waals surface area contributed by atoms with E-state index in [4.69, 9.17) is 16.3 Å². The predicted molar refractivity (Wildman–Crippen MR) is 176 cm³/mol. The number of halogens is 1. The van der Waals surface area contributed by atoms with Crippen molar-refractivity contribution in [1.29, 1.82) is 0 Å². The van der Waals surface area contributed by atoms with E-state index in [9.17, 15) is 4.79 Å². The number of nitrogens with one attached hydrogen (secondary N) is 2. The summed E-state index contributed by atoms with van der Waals surface area (Å²) >= 11 is 0. The van der Waals surface area contributed by atoms with Crippen molar-refractivity contribution >= 4 is 23.0 Å². The quantitative estimate of drug-likeness (QED) is 0.0668. The smallest absolute Gasteiger partial charge is 0.268 e. The van der Waals surface area contributed by atoms with Crippen molar-refractivity contribution in [3.63, 3.8) is 0 Å². The second-order valence-electron chi connectivity index (χ2n) is 11.1. The summed E-state index contributed by atoms with van der Waals surface area (Å²) in [5, 5.41) is 8.61. The van der Waals surface area contributed by atoms with E-state index in [0.717, 1.165) is 22.5 Å². The number of anilines is 1. The summed E-state index contributed by atoms with van der Waals surface area (Å²) in [5.74, 6) is 5.56. The van der Waals surface area contributed by atoms with E-state index in [-0.39, 0.29) is 30.1 Å². The number of benzene rings is 3. The first-order chi connectivity index (χ1) is 22.4. The number of amides is 1. The van der Waals surface area contributed by atoms with E-state index >= 15 is 4.39 Å². The van der Waals surface area contributed by atoms with Crippen LogP contribution in [0.1, 0.15) is 46.7 Å². The lowest BCUT2D eigenvalue weighted by molar-refractivity contribution is -0.117. The van der Waals surface area contributed by atoms with Crippen LogP contribution in [0.2, 0.25) is 0 Å². The number of nitrogens with two attached hydrogens (primary N) is 2. The van der Waals surface area contributed by atoms with Gasteiger partial charge in [-0.25, -0.2) is 15.2 Å². The molecule has 2 aromatic heterocycles. The number of rotatable bonds is 12. The maximum atomic E-state index is 15.5. The van der Waals surface area contributed by atoms with Crippen LogP contribution in [-0.4, -0.2) is 33.1 Å². The van der Waals surface area contributed by atoms with E-state index in [2.05, 4.69) is 33.1 Å². The number of pyridine rings is 1. The fourth-order valence-corrected chi connectivity index (χ4v) is 5.18. The molecule has 234 valence electrons. The average molecular weight is 619 g/mol. The summed E-state index contributed by atoms with van der Waals surface area (Å²) in [4.78, 5) is 17.6. The third kappa shape index (κ3) is 7.00. The highest BCUT2D eigenvalue weighted by atomic mass is 19.1. The van der Waals surface area contributed by atoms with Crippen LogP contribution in [0.15, 0.2) is 114 Å². The molecule has 0 spiro atoms. The molecule has 0 radical (unpaired) electrons. The molecule has 3 aromatic carbocycles. The van der Waals surface area contributed by atoms with Gasteiger partial charge < -0.3 is 25.2 Å². The highest BCUT2D eigenvalue weighted by molar-refractivity contribution is 6.13. The number of hydrogen-bond acceptors (Lipinski definition) is 8. The minimum Gasteiger partial charge on any atom is -0.494 e. The number of imidazole rings is 1. The highest BCUT2D eigenvalue weighted by Crippen LogP contribution is 2.39. The lowest BCUT2D eigenvalue weighted by Gasteiger charge is -2.16. The van der Waals surface area contributed by atoms with Gasteiger partial charge in [0, 0.05) is 41.8 Å². The number of hydrazine groups is 1. The van der Waals surface area contributed by atoms with E-state index in [1.54, 1.807) is 6.07 Å². The monoisotopic (exact) mass is 618 g/mol. The van der Waals surface area contributed by atoms with Gasteiger partial charge >= 0.3 is 0 Å². The van der Waals surface area contributed by atoms with Crippen molar-refractivity contribution in [3.8, 4) is 5.75 Å². The Kier molecular flexibility index (Phi) is 8.93. The zero-order valence-electron chi connectivity index (χ0n) is 25.4. The van der Waals surface area contributed by atoms with Crippen molar-refractivity contribution < 1.29 is 13.9 Å². The Morgan fingerprint density at radius 3 is 2.39 bits per heavy atom. The lowest BCUT2D eigenvalue weighted by atomic mass is 10.0. The first-order valence-corrected chi connectivity index (χ1v) is 14.9. The molecule has 1 fully saturated rings. The molecule has 6 rings (SSSR count). The number of hydrogen-bond donors (Lipinski definition) is 4. The van der Waals surface area contributed by atoms with Crippen molar-refractivity contribution in [2.45, 2.75) is 31.8 Å². The van der Waals surface area contributed by atoms with E-state index in [1.165, 1.54) is 42.8 Å². The Labute approximate surface area is 266 Å². The molecular weight excluding hydrogens is 583 g/mol. The van der Waals surface area contributed by atoms with E-state index in [0.29, 0.717) is 17.3 Å². The predicted octanol–water partition coefficient (Wildman–Crippen LogP) is 5.02. The average Bonchev–Trinajstić information content (AvgIpc) is 3.85. The van der Waals surface area contributed by atoms with Crippen LogP contribution in [0.3, 0.4) is 0 Å². The fraction of sp³-hybridized carbons (Fsp3) is 0.171. The number of aromatic nitrogens is 2. The second-order valence-corrected chi connectivity index (χ2v) is 11.1. The summed E-state index contributed by atoms with van der Waals surface area (Å²) in [6.45, 7) is 0.0385. The van der Waals surface area contributed by atoms with Gasteiger partial charge in [-0.2, -0.15) is 5.10 Å². The van der Waals surface area contributed by atoms with Crippen molar-refractivity contribution in [2.24, 2.45) is 16.7 Å². The molecule has 5 aromatic rings.